The van der Waals surface area contributed by atoms with Gasteiger partial charge in [0.05, 0.1) is 0 Å². The molecule has 180 valence electrons. The lowest BCUT2D eigenvalue weighted by Gasteiger charge is -2.28. The summed E-state index contributed by atoms with van der Waals surface area (Å²) >= 11 is 0. The van der Waals surface area contributed by atoms with E-state index in [2.05, 4.69) is 10.1 Å². The van der Waals surface area contributed by atoms with Gasteiger partial charge in [-0.3, -0.25) is 4.79 Å². The molecule has 1 N–H and O–H groups in total. The predicted molar refractivity (Wildman–Crippen MR) is 114 cm³/mol. The Morgan fingerprint density at radius 3 is 2.09 bits per heavy atom. The summed E-state index contributed by atoms with van der Waals surface area (Å²) in [6.45, 7) is 3.78. The summed E-state index contributed by atoms with van der Waals surface area (Å²) in [5.74, 6) is -2.32. The number of benzene rings is 2. The lowest BCUT2D eigenvalue weighted by Crippen LogP contribution is -2.51. The second-order valence-corrected chi connectivity index (χ2v) is 8.14. The average Bonchev–Trinajstić information content (AvgIpc) is 2.66. The van der Waals surface area contributed by atoms with Gasteiger partial charge in [-0.15, -0.1) is 0 Å². The molecule has 2 aromatic rings. The van der Waals surface area contributed by atoms with Gasteiger partial charge in [-0.05, 0) is 69.7 Å². The first-order chi connectivity index (χ1) is 15.4. The number of hydrogen-bond acceptors (Lipinski definition) is 4. The zero-order valence-corrected chi connectivity index (χ0v) is 18.7. The number of hydrogen-bond donors (Lipinski definition) is 1. The summed E-state index contributed by atoms with van der Waals surface area (Å²) < 4.78 is 61.6. The molecule has 0 aliphatic rings. The highest BCUT2D eigenvalue weighted by atomic mass is 19.3. The molecule has 0 aromatic heterocycles. The maximum atomic E-state index is 13.7. The van der Waals surface area contributed by atoms with Crippen LogP contribution in [-0.2, 0) is 16.0 Å². The number of likely N-dealkylation sites (N-methyl/N-ethyl adjacent to an activating group) is 1. The minimum atomic E-state index is -2.99. The Labute approximate surface area is 189 Å². The van der Waals surface area contributed by atoms with Crippen molar-refractivity contribution >= 4 is 17.7 Å². The number of amides is 2. The molecular formula is C23H26F4N2O4. The number of carbonyl (C=O) groups excluding carboxylic acids is 2. The van der Waals surface area contributed by atoms with Gasteiger partial charge < -0.3 is 19.7 Å². The Kier molecular flexibility index (Phi) is 8.67. The van der Waals surface area contributed by atoms with E-state index in [4.69, 9.17) is 4.74 Å². The van der Waals surface area contributed by atoms with Crippen molar-refractivity contribution in [2.75, 3.05) is 11.4 Å². The molecule has 2 rings (SSSR count). The number of alkyl carbamates (subject to hydrolysis) is 1. The molecule has 10 heteroatoms. The van der Waals surface area contributed by atoms with Gasteiger partial charge in [0.2, 0.25) is 5.91 Å². The van der Waals surface area contributed by atoms with Crippen molar-refractivity contribution in [2.45, 2.75) is 52.4 Å². The normalized spacial score (nSPS) is 12.3. The third kappa shape index (κ3) is 8.28. The van der Waals surface area contributed by atoms with Crippen LogP contribution in [0, 0.1) is 11.6 Å². The maximum absolute atomic E-state index is 13.7. The Morgan fingerprint density at radius 1 is 1.03 bits per heavy atom. The number of nitrogens with one attached hydrogen (secondary N) is 1. The van der Waals surface area contributed by atoms with Gasteiger partial charge in [-0.25, -0.2) is 13.6 Å². The van der Waals surface area contributed by atoms with Crippen LogP contribution in [0.2, 0.25) is 0 Å². The van der Waals surface area contributed by atoms with Crippen LogP contribution in [0.1, 0.15) is 33.3 Å². The van der Waals surface area contributed by atoms with E-state index in [0.717, 1.165) is 12.1 Å². The highest BCUT2D eigenvalue weighted by Gasteiger charge is 2.29. The molecule has 1 unspecified atom stereocenters. The van der Waals surface area contributed by atoms with Gasteiger partial charge in [-0.1, -0.05) is 0 Å². The SMILES string of the molecule is CCN(C(=O)C(Cc1cc(F)cc(F)c1)NC(=O)OC(C)(C)C)c1ccc(OC(F)F)cc1. The van der Waals surface area contributed by atoms with E-state index < -0.39 is 41.9 Å². The molecule has 2 aromatic carbocycles. The number of alkyl halides is 2. The molecule has 0 saturated carbocycles. The van der Waals surface area contributed by atoms with E-state index in [0.29, 0.717) is 11.8 Å². The first-order valence-electron chi connectivity index (χ1n) is 10.2. The number of nitrogens with zero attached hydrogens (tertiary/aromatic N) is 1. The van der Waals surface area contributed by atoms with Crippen molar-refractivity contribution in [3.63, 3.8) is 0 Å². The zero-order valence-electron chi connectivity index (χ0n) is 18.7. The van der Waals surface area contributed by atoms with Gasteiger partial charge in [0.1, 0.15) is 29.0 Å². The molecule has 0 fully saturated rings. The van der Waals surface area contributed by atoms with Gasteiger partial charge in [0.25, 0.3) is 0 Å². The minimum absolute atomic E-state index is 0.0871. The molecule has 0 bridgehead atoms. The first-order valence-corrected chi connectivity index (χ1v) is 10.2. The summed E-state index contributed by atoms with van der Waals surface area (Å²) in [6, 6.07) is 6.96. The van der Waals surface area contributed by atoms with Crippen molar-refractivity contribution < 1.29 is 36.6 Å². The molecule has 1 atom stereocenters. The van der Waals surface area contributed by atoms with E-state index in [1.165, 1.54) is 29.2 Å². The fourth-order valence-corrected chi connectivity index (χ4v) is 3.08. The van der Waals surface area contributed by atoms with Gasteiger partial charge in [0, 0.05) is 24.7 Å². The molecular weight excluding hydrogens is 444 g/mol. The second-order valence-electron chi connectivity index (χ2n) is 8.14. The molecule has 0 radical (unpaired) electrons. The van der Waals surface area contributed by atoms with Crippen LogP contribution in [0.4, 0.5) is 28.0 Å². The van der Waals surface area contributed by atoms with E-state index in [1.807, 2.05) is 0 Å². The van der Waals surface area contributed by atoms with Gasteiger partial charge >= 0.3 is 12.7 Å². The molecule has 0 spiro atoms. The maximum Gasteiger partial charge on any atom is 0.408 e. The van der Waals surface area contributed by atoms with Gasteiger partial charge in [-0.2, -0.15) is 8.78 Å². The van der Waals surface area contributed by atoms with Crippen LogP contribution < -0.4 is 15.0 Å². The fraction of sp³-hybridized carbons (Fsp3) is 0.391. The largest absolute Gasteiger partial charge is 0.444 e. The molecule has 0 heterocycles. The standard InChI is InChI=1S/C23H26F4N2O4/c1-5-29(17-6-8-18(9-7-17)32-21(26)27)20(30)19(28-22(31)33-23(2,3)4)12-14-10-15(24)13-16(25)11-14/h6-11,13,19,21H,5,12H2,1-4H3,(H,28,31). The van der Waals surface area contributed by atoms with Crippen molar-refractivity contribution in [3.05, 3.63) is 59.7 Å². The molecule has 2 amide bonds. The minimum Gasteiger partial charge on any atom is -0.444 e. The van der Waals surface area contributed by atoms with E-state index >= 15 is 0 Å². The smallest absolute Gasteiger partial charge is 0.408 e. The molecule has 0 aliphatic carbocycles. The first kappa shape index (κ1) is 26.0. The second kappa shape index (κ2) is 11.0. The lowest BCUT2D eigenvalue weighted by molar-refractivity contribution is -0.120. The Balaban J connectivity index is 2.31. The Morgan fingerprint density at radius 2 is 1.61 bits per heavy atom. The number of ether oxygens (including phenoxy) is 2. The van der Waals surface area contributed by atoms with E-state index in [9.17, 15) is 27.2 Å². The summed E-state index contributed by atoms with van der Waals surface area (Å²) in [5.41, 5.74) is -0.336. The summed E-state index contributed by atoms with van der Waals surface area (Å²) in [7, 11) is 0. The van der Waals surface area contributed by atoms with E-state index in [1.54, 1.807) is 27.7 Å². The number of anilines is 1. The van der Waals surface area contributed by atoms with Crippen LogP contribution in [-0.4, -0.2) is 36.8 Å². The highest BCUT2D eigenvalue weighted by molar-refractivity contribution is 5.98. The lowest BCUT2D eigenvalue weighted by atomic mass is 10.0. The number of rotatable bonds is 8. The molecule has 0 saturated heterocycles. The Bertz CT molecular complexity index is 942. The fourth-order valence-electron chi connectivity index (χ4n) is 3.08. The number of halogens is 4. The molecule has 0 aliphatic heterocycles. The Hall–Kier alpha value is -3.30. The quantitative estimate of drug-likeness (QED) is 0.548. The summed E-state index contributed by atoms with van der Waals surface area (Å²) in [5, 5.41) is 2.46. The zero-order chi connectivity index (χ0) is 24.8. The van der Waals surface area contributed by atoms with Crippen LogP contribution in [0.25, 0.3) is 0 Å². The third-order valence-electron chi connectivity index (χ3n) is 4.31. The van der Waals surface area contributed by atoms with E-state index in [-0.39, 0.29) is 24.3 Å². The summed E-state index contributed by atoms with van der Waals surface area (Å²) in [4.78, 5) is 27.0. The van der Waals surface area contributed by atoms with Gasteiger partial charge in [0.15, 0.2) is 0 Å². The monoisotopic (exact) mass is 470 g/mol. The van der Waals surface area contributed by atoms with Crippen LogP contribution in [0.15, 0.2) is 42.5 Å². The predicted octanol–water partition coefficient (Wildman–Crippen LogP) is 5.06. The average molecular weight is 470 g/mol. The van der Waals surface area contributed by atoms with Crippen LogP contribution in [0.5, 0.6) is 5.75 Å². The van der Waals surface area contributed by atoms with Crippen molar-refractivity contribution in [2.24, 2.45) is 0 Å². The van der Waals surface area contributed by atoms with Crippen molar-refractivity contribution in [1.82, 2.24) is 5.32 Å². The van der Waals surface area contributed by atoms with Crippen molar-refractivity contribution in [3.8, 4) is 5.75 Å². The third-order valence-corrected chi connectivity index (χ3v) is 4.31. The molecule has 33 heavy (non-hydrogen) atoms. The van der Waals surface area contributed by atoms with Crippen molar-refractivity contribution in [1.29, 1.82) is 0 Å². The van der Waals surface area contributed by atoms with Crippen LogP contribution in [0.3, 0.4) is 0 Å². The highest BCUT2D eigenvalue weighted by Crippen LogP contribution is 2.22. The molecule has 6 nitrogen and oxygen atoms in total. The number of carbonyl (C=O) groups is 2. The summed E-state index contributed by atoms with van der Waals surface area (Å²) in [6.07, 6.45) is -1.09. The topological polar surface area (TPSA) is 67.9 Å². The van der Waals surface area contributed by atoms with Crippen LogP contribution >= 0.6 is 0 Å².